The van der Waals surface area contributed by atoms with Gasteiger partial charge in [0.15, 0.2) is 0 Å². The first-order valence-electron chi connectivity index (χ1n) is 5.19. The van der Waals surface area contributed by atoms with E-state index in [9.17, 15) is 4.79 Å². The molecule has 0 saturated heterocycles. The Morgan fingerprint density at radius 1 is 1.24 bits per heavy atom. The predicted molar refractivity (Wildman–Crippen MR) is 74.3 cm³/mol. The molecule has 0 unspecified atom stereocenters. The van der Waals surface area contributed by atoms with Crippen molar-refractivity contribution in [2.75, 3.05) is 0 Å². The summed E-state index contributed by atoms with van der Waals surface area (Å²) in [5.41, 5.74) is 1.62. The summed E-state index contributed by atoms with van der Waals surface area (Å²) in [6, 6.07) is 0. The van der Waals surface area contributed by atoms with Gasteiger partial charge in [-0.3, -0.25) is 0 Å². The Bertz CT molecular complexity index is 465. The van der Waals surface area contributed by atoms with Gasteiger partial charge in [-0.25, -0.2) is 9.78 Å². The largest absolute Gasteiger partial charge is 0.456 e. The molecule has 1 rings (SSSR count). The number of hydrogen-bond donors (Lipinski definition) is 0. The van der Waals surface area contributed by atoms with Gasteiger partial charge in [0, 0.05) is 4.47 Å². The predicted octanol–water partition coefficient (Wildman–Crippen LogP) is 4.18. The molecule has 1 aromatic rings. The number of aryl methyl sites for hydroxylation is 1. The first-order chi connectivity index (χ1) is 7.63. The van der Waals surface area contributed by atoms with Gasteiger partial charge in [-0.05, 0) is 72.0 Å². The Balaban J connectivity index is 3.24. The standard InChI is InChI=1S/C12H15Br2NO2/c1-6-8(11(16)17-12(3,4)5)10(14)15-7(2)9(6)13/h1-5H3. The zero-order valence-corrected chi connectivity index (χ0v) is 13.7. The summed E-state index contributed by atoms with van der Waals surface area (Å²) in [6.45, 7) is 9.25. The summed E-state index contributed by atoms with van der Waals surface area (Å²) < 4.78 is 6.70. The highest BCUT2D eigenvalue weighted by Crippen LogP contribution is 2.29. The van der Waals surface area contributed by atoms with Gasteiger partial charge < -0.3 is 4.74 Å². The van der Waals surface area contributed by atoms with E-state index < -0.39 is 5.60 Å². The minimum absolute atomic E-state index is 0.366. The maximum absolute atomic E-state index is 12.1. The molecule has 0 bridgehead atoms. The maximum Gasteiger partial charge on any atom is 0.341 e. The average Bonchev–Trinajstić information content (AvgIpc) is 2.11. The lowest BCUT2D eigenvalue weighted by Crippen LogP contribution is -2.25. The molecule has 5 heteroatoms. The van der Waals surface area contributed by atoms with Crippen molar-refractivity contribution in [3.8, 4) is 0 Å². The number of nitrogens with zero attached hydrogens (tertiary/aromatic N) is 1. The highest BCUT2D eigenvalue weighted by atomic mass is 79.9. The van der Waals surface area contributed by atoms with E-state index in [0.717, 1.165) is 15.7 Å². The van der Waals surface area contributed by atoms with Crippen LogP contribution in [0.5, 0.6) is 0 Å². The van der Waals surface area contributed by atoms with Gasteiger partial charge in [-0.1, -0.05) is 0 Å². The number of pyridine rings is 1. The zero-order chi connectivity index (χ0) is 13.4. The third-order valence-electron chi connectivity index (χ3n) is 2.10. The van der Waals surface area contributed by atoms with Crippen molar-refractivity contribution in [1.82, 2.24) is 4.98 Å². The lowest BCUT2D eigenvalue weighted by Gasteiger charge is -2.21. The lowest BCUT2D eigenvalue weighted by molar-refractivity contribution is 0.00670. The second-order valence-corrected chi connectivity index (χ2v) is 6.35. The first kappa shape index (κ1) is 14.6. The van der Waals surface area contributed by atoms with Crippen LogP contribution in [0.3, 0.4) is 0 Å². The molecule has 0 radical (unpaired) electrons. The fourth-order valence-electron chi connectivity index (χ4n) is 1.35. The van der Waals surface area contributed by atoms with E-state index in [0.29, 0.717) is 10.2 Å². The Hall–Kier alpha value is -0.420. The van der Waals surface area contributed by atoms with Crippen LogP contribution in [-0.4, -0.2) is 16.6 Å². The summed E-state index contributed by atoms with van der Waals surface area (Å²) in [5.74, 6) is -0.366. The third-order valence-corrected chi connectivity index (χ3v) is 3.84. The minimum atomic E-state index is -0.514. The Kier molecular flexibility index (Phi) is 4.36. The number of halogens is 2. The molecule has 0 atom stereocenters. The molecule has 0 saturated carbocycles. The van der Waals surface area contributed by atoms with Gasteiger partial charge in [0.05, 0.1) is 11.3 Å². The van der Waals surface area contributed by atoms with Crippen molar-refractivity contribution in [1.29, 1.82) is 0 Å². The van der Waals surface area contributed by atoms with Crippen molar-refractivity contribution in [3.05, 3.63) is 25.9 Å². The molecule has 0 aliphatic rings. The van der Waals surface area contributed by atoms with Crippen molar-refractivity contribution in [2.45, 2.75) is 40.2 Å². The summed E-state index contributed by atoms with van der Waals surface area (Å²) in [5, 5.41) is 0. The van der Waals surface area contributed by atoms with E-state index in [4.69, 9.17) is 4.74 Å². The molecule has 0 aliphatic heterocycles. The second kappa shape index (κ2) is 5.06. The zero-order valence-electron chi connectivity index (χ0n) is 10.5. The Morgan fingerprint density at radius 3 is 2.24 bits per heavy atom. The van der Waals surface area contributed by atoms with Gasteiger partial charge in [0.25, 0.3) is 0 Å². The molecule has 0 spiro atoms. The van der Waals surface area contributed by atoms with Gasteiger partial charge in [0.1, 0.15) is 10.2 Å². The van der Waals surface area contributed by atoms with Crippen molar-refractivity contribution in [3.63, 3.8) is 0 Å². The molecule has 0 N–H and O–H groups in total. The van der Waals surface area contributed by atoms with Crippen LogP contribution >= 0.6 is 31.9 Å². The minimum Gasteiger partial charge on any atom is -0.456 e. The molecular weight excluding hydrogens is 350 g/mol. The fourth-order valence-corrected chi connectivity index (χ4v) is 2.37. The summed E-state index contributed by atoms with van der Waals surface area (Å²) in [4.78, 5) is 16.3. The van der Waals surface area contributed by atoms with E-state index in [1.54, 1.807) is 0 Å². The highest BCUT2D eigenvalue weighted by Gasteiger charge is 2.24. The smallest absolute Gasteiger partial charge is 0.341 e. The molecule has 94 valence electrons. The normalized spacial score (nSPS) is 11.5. The van der Waals surface area contributed by atoms with Gasteiger partial charge in [0.2, 0.25) is 0 Å². The number of rotatable bonds is 1. The van der Waals surface area contributed by atoms with Crippen LogP contribution in [0.2, 0.25) is 0 Å². The molecule has 17 heavy (non-hydrogen) atoms. The topological polar surface area (TPSA) is 39.2 Å². The third kappa shape index (κ3) is 3.52. The molecule has 1 aromatic heterocycles. The van der Waals surface area contributed by atoms with Crippen LogP contribution < -0.4 is 0 Å². The average molecular weight is 365 g/mol. The number of hydrogen-bond acceptors (Lipinski definition) is 3. The van der Waals surface area contributed by atoms with Gasteiger partial charge in [-0.15, -0.1) is 0 Å². The van der Waals surface area contributed by atoms with Crippen molar-refractivity contribution in [2.24, 2.45) is 0 Å². The number of ether oxygens (including phenoxy) is 1. The maximum atomic E-state index is 12.1. The monoisotopic (exact) mass is 363 g/mol. The SMILES string of the molecule is Cc1nc(Br)c(C(=O)OC(C)(C)C)c(C)c1Br. The van der Waals surface area contributed by atoms with Crippen LogP contribution in [0.4, 0.5) is 0 Å². The molecular formula is C12H15Br2NO2. The summed E-state index contributed by atoms with van der Waals surface area (Å²) >= 11 is 6.73. The summed E-state index contributed by atoms with van der Waals surface area (Å²) in [6.07, 6.45) is 0. The van der Waals surface area contributed by atoms with E-state index in [-0.39, 0.29) is 5.97 Å². The fraction of sp³-hybridized carbons (Fsp3) is 0.500. The summed E-state index contributed by atoms with van der Waals surface area (Å²) in [7, 11) is 0. The Morgan fingerprint density at radius 2 is 1.76 bits per heavy atom. The first-order valence-corrected chi connectivity index (χ1v) is 6.77. The molecule has 0 aromatic carbocycles. The van der Waals surface area contributed by atoms with Crippen LogP contribution in [0.25, 0.3) is 0 Å². The molecule has 0 amide bonds. The van der Waals surface area contributed by atoms with Crippen LogP contribution in [0, 0.1) is 13.8 Å². The van der Waals surface area contributed by atoms with Gasteiger partial charge >= 0.3 is 5.97 Å². The van der Waals surface area contributed by atoms with Crippen LogP contribution in [0.1, 0.15) is 42.4 Å². The molecule has 1 heterocycles. The van der Waals surface area contributed by atoms with Crippen LogP contribution in [0.15, 0.2) is 9.08 Å². The number of carbonyl (C=O) groups is 1. The highest BCUT2D eigenvalue weighted by molar-refractivity contribution is 9.11. The Labute approximate surface area is 118 Å². The number of carbonyl (C=O) groups excluding carboxylic acids is 1. The van der Waals surface area contributed by atoms with Gasteiger partial charge in [-0.2, -0.15) is 0 Å². The number of esters is 1. The number of aromatic nitrogens is 1. The van der Waals surface area contributed by atoms with E-state index in [1.165, 1.54) is 0 Å². The second-order valence-electron chi connectivity index (χ2n) is 4.80. The molecule has 0 fully saturated rings. The van der Waals surface area contributed by atoms with E-state index in [1.807, 2.05) is 34.6 Å². The molecule has 0 aliphatic carbocycles. The van der Waals surface area contributed by atoms with Crippen molar-refractivity contribution < 1.29 is 9.53 Å². The van der Waals surface area contributed by atoms with Crippen LogP contribution in [-0.2, 0) is 4.74 Å². The quantitative estimate of drug-likeness (QED) is 0.554. The molecule has 3 nitrogen and oxygen atoms in total. The van der Waals surface area contributed by atoms with E-state index in [2.05, 4.69) is 36.8 Å². The van der Waals surface area contributed by atoms with E-state index >= 15 is 0 Å². The lowest BCUT2D eigenvalue weighted by atomic mass is 10.1. The van der Waals surface area contributed by atoms with Crippen molar-refractivity contribution >= 4 is 37.8 Å².